The van der Waals surface area contributed by atoms with Crippen molar-refractivity contribution in [3.8, 4) is 0 Å². The fourth-order valence-corrected chi connectivity index (χ4v) is 4.05. The molecular formula is C11H18N2O5S. The van der Waals surface area contributed by atoms with Crippen LogP contribution >= 0.6 is 0 Å². The number of sulfone groups is 1. The van der Waals surface area contributed by atoms with Crippen LogP contribution < -0.4 is 5.32 Å². The summed E-state index contributed by atoms with van der Waals surface area (Å²) in [7, 11) is -2.95. The van der Waals surface area contributed by atoms with Crippen LogP contribution in [0, 0.1) is 0 Å². The molecule has 1 unspecified atom stereocenters. The molecule has 0 spiro atoms. The number of nitrogens with zero attached hydrogens (tertiary/aromatic N) is 1. The van der Waals surface area contributed by atoms with E-state index in [1.54, 1.807) is 0 Å². The van der Waals surface area contributed by atoms with Gasteiger partial charge in [0.2, 0.25) is 0 Å². The summed E-state index contributed by atoms with van der Waals surface area (Å²) < 4.78 is 22.6. The third kappa shape index (κ3) is 3.37. The third-order valence-electron chi connectivity index (χ3n) is 3.68. The number of likely N-dealkylation sites (tertiary alicyclic amines) is 1. The summed E-state index contributed by atoms with van der Waals surface area (Å²) in [6.45, 7) is 0.438. The van der Waals surface area contributed by atoms with Gasteiger partial charge in [0, 0.05) is 12.6 Å². The maximum absolute atomic E-state index is 12.0. The van der Waals surface area contributed by atoms with E-state index in [4.69, 9.17) is 5.11 Å². The van der Waals surface area contributed by atoms with Crippen LogP contribution in [0.15, 0.2) is 0 Å². The summed E-state index contributed by atoms with van der Waals surface area (Å²) in [5.74, 6) is -0.820. The van der Waals surface area contributed by atoms with Crippen molar-refractivity contribution < 1.29 is 23.1 Å². The summed E-state index contributed by atoms with van der Waals surface area (Å²) in [4.78, 5) is 24.3. The Kier molecular flexibility index (Phi) is 3.98. The van der Waals surface area contributed by atoms with Gasteiger partial charge < -0.3 is 15.3 Å². The van der Waals surface area contributed by atoms with Crippen LogP contribution in [0.4, 0.5) is 4.79 Å². The summed E-state index contributed by atoms with van der Waals surface area (Å²) in [6.07, 6.45) is 1.96. The van der Waals surface area contributed by atoms with Crippen LogP contribution in [0.1, 0.15) is 25.7 Å². The van der Waals surface area contributed by atoms with E-state index in [1.165, 1.54) is 4.90 Å². The molecule has 0 aliphatic carbocycles. The van der Waals surface area contributed by atoms with Gasteiger partial charge >= 0.3 is 12.0 Å². The van der Waals surface area contributed by atoms with Crippen molar-refractivity contribution in [1.29, 1.82) is 0 Å². The molecule has 0 bridgehead atoms. The lowest BCUT2D eigenvalue weighted by Gasteiger charge is -2.27. The Labute approximate surface area is 111 Å². The molecule has 1 atom stereocenters. The molecule has 0 aromatic heterocycles. The average Bonchev–Trinajstić information content (AvgIpc) is 2.81. The zero-order chi connectivity index (χ0) is 14.0. The number of hydrogen-bond donors (Lipinski definition) is 2. The molecule has 2 fully saturated rings. The fourth-order valence-electron chi connectivity index (χ4n) is 2.56. The minimum Gasteiger partial charge on any atom is -0.480 e. The number of amides is 2. The summed E-state index contributed by atoms with van der Waals surface area (Å²) in [5, 5.41) is 11.7. The van der Waals surface area contributed by atoms with Crippen molar-refractivity contribution in [2.24, 2.45) is 0 Å². The minimum absolute atomic E-state index is 0.0836. The predicted octanol–water partition coefficient (Wildman–Crippen LogP) is -0.178. The topological polar surface area (TPSA) is 104 Å². The fraction of sp³-hybridized carbons (Fsp3) is 0.818. The van der Waals surface area contributed by atoms with Gasteiger partial charge in [-0.15, -0.1) is 0 Å². The first-order chi connectivity index (χ1) is 8.89. The largest absolute Gasteiger partial charge is 0.480 e. The highest BCUT2D eigenvalue weighted by atomic mass is 32.2. The van der Waals surface area contributed by atoms with Crippen LogP contribution in [0.25, 0.3) is 0 Å². The molecule has 0 aromatic rings. The van der Waals surface area contributed by atoms with Gasteiger partial charge in [-0.3, -0.25) is 0 Å². The second-order valence-electron chi connectivity index (χ2n) is 5.07. The molecule has 0 radical (unpaired) electrons. The first-order valence-corrected chi connectivity index (χ1v) is 8.21. The Morgan fingerprint density at radius 1 is 1.16 bits per heavy atom. The summed E-state index contributed by atoms with van der Waals surface area (Å²) >= 11 is 0. The van der Waals surface area contributed by atoms with E-state index in [1.807, 2.05) is 0 Å². The number of carbonyl (C=O) groups is 2. The second-order valence-corrected chi connectivity index (χ2v) is 7.37. The number of rotatable bonds is 2. The van der Waals surface area contributed by atoms with Crippen LogP contribution in [-0.2, 0) is 14.6 Å². The molecule has 0 aromatic carbocycles. The first-order valence-electron chi connectivity index (χ1n) is 6.39. The van der Waals surface area contributed by atoms with E-state index in [0.29, 0.717) is 32.2 Å². The normalized spacial score (nSPS) is 27.2. The minimum atomic E-state index is -2.95. The number of nitrogens with one attached hydrogen (secondary N) is 1. The number of urea groups is 1. The van der Waals surface area contributed by atoms with Gasteiger partial charge in [-0.05, 0) is 25.7 Å². The molecule has 2 rings (SSSR count). The Morgan fingerprint density at radius 3 is 2.37 bits per heavy atom. The molecule has 19 heavy (non-hydrogen) atoms. The van der Waals surface area contributed by atoms with E-state index in [0.717, 1.165) is 0 Å². The van der Waals surface area contributed by atoms with Crippen molar-refractivity contribution in [3.63, 3.8) is 0 Å². The zero-order valence-corrected chi connectivity index (χ0v) is 11.4. The van der Waals surface area contributed by atoms with E-state index in [-0.39, 0.29) is 17.5 Å². The lowest BCUT2D eigenvalue weighted by Crippen LogP contribution is -2.50. The molecule has 2 amide bonds. The molecular weight excluding hydrogens is 272 g/mol. The molecule has 8 heteroatoms. The van der Waals surface area contributed by atoms with Gasteiger partial charge in [-0.25, -0.2) is 18.0 Å². The molecule has 2 aliphatic rings. The Bertz CT molecular complexity index is 461. The number of carbonyl (C=O) groups excluding carboxylic acids is 1. The maximum atomic E-state index is 12.0. The quantitative estimate of drug-likeness (QED) is 0.734. The molecule has 2 heterocycles. The third-order valence-corrected chi connectivity index (χ3v) is 5.40. The summed E-state index contributed by atoms with van der Waals surface area (Å²) in [5.41, 5.74) is 0. The smallest absolute Gasteiger partial charge is 0.326 e. The summed E-state index contributed by atoms with van der Waals surface area (Å²) in [6, 6.07) is -1.33. The van der Waals surface area contributed by atoms with Crippen LogP contribution in [-0.4, -0.2) is 60.6 Å². The predicted molar refractivity (Wildman–Crippen MR) is 67.6 cm³/mol. The second kappa shape index (κ2) is 5.36. The van der Waals surface area contributed by atoms with E-state index in [9.17, 15) is 18.0 Å². The van der Waals surface area contributed by atoms with Gasteiger partial charge in [-0.1, -0.05) is 0 Å². The lowest BCUT2D eigenvalue weighted by molar-refractivity contribution is -0.141. The highest BCUT2D eigenvalue weighted by molar-refractivity contribution is 7.91. The average molecular weight is 290 g/mol. The Balaban J connectivity index is 1.89. The zero-order valence-electron chi connectivity index (χ0n) is 10.5. The molecule has 2 aliphatic heterocycles. The van der Waals surface area contributed by atoms with Gasteiger partial charge in [0.25, 0.3) is 0 Å². The molecule has 7 nitrogen and oxygen atoms in total. The molecule has 108 valence electrons. The van der Waals surface area contributed by atoms with E-state index >= 15 is 0 Å². The van der Waals surface area contributed by atoms with Crippen molar-refractivity contribution in [2.45, 2.75) is 37.8 Å². The van der Waals surface area contributed by atoms with Crippen molar-refractivity contribution >= 4 is 21.8 Å². The van der Waals surface area contributed by atoms with Gasteiger partial charge in [0.15, 0.2) is 0 Å². The monoisotopic (exact) mass is 290 g/mol. The maximum Gasteiger partial charge on any atom is 0.326 e. The van der Waals surface area contributed by atoms with Crippen molar-refractivity contribution in [2.75, 3.05) is 18.1 Å². The number of aliphatic carboxylic acids is 1. The van der Waals surface area contributed by atoms with Crippen LogP contribution in [0.2, 0.25) is 0 Å². The van der Waals surface area contributed by atoms with Gasteiger partial charge in [-0.2, -0.15) is 0 Å². The first kappa shape index (κ1) is 14.1. The molecule has 2 saturated heterocycles. The Hall–Kier alpha value is -1.31. The van der Waals surface area contributed by atoms with Crippen LogP contribution in [0.3, 0.4) is 0 Å². The van der Waals surface area contributed by atoms with Gasteiger partial charge in [0.1, 0.15) is 15.9 Å². The standard InChI is InChI=1S/C11H18N2O5S/c14-10(15)9-2-1-5-13(9)11(16)12-8-3-6-19(17,18)7-4-8/h8-9H,1-7H2,(H,12,16)(H,14,15). The van der Waals surface area contributed by atoms with Crippen molar-refractivity contribution in [3.05, 3.63) is 0 Å². The number of hydrogen-bond acceptors (Lipinski definition) is 4. The number of carboxylic acids is 1. The molecule has 2 N–H and O–H groups in total. The highest BCUT2D eigenvalue weighted by Crippen LogP contribution is 2.19. The van der Waals surface area contributed by atoms with Crippen LogP contribution in [0.5, 0.6) is 0 Å². The lowest BCUT2D eigenvalue weighted by atomic mass is 10.1. The van der Waals surface area contributed by atoms with Gasteiger partial charge in [0.05, 0.1) is 11.5 Å². The van der Waals surface area contributed by atoms with E-state index in [2.05, 4.69) is 5.32 Å². The Morgan fingerprint density at radius 2 is 1.79 bits per heavy atom. The highest BCUT2D eigenvalue weighted by Gasteiger charge is 2.35. The van der Waals surface area contributed by atoms with E-state index < -0.39 is 27.9 Å². The SMILES string of the molecule is O=C(O)C1CCCN1C(=O)NC1CCS(=O)(=O)CC1. The van der Waals surface area contributed by atoms with Crippen molar-refractivity contribution in [1.82, 2.24) is 10.2 Å². The number of carboxylic acid groups (broad SMARTS) is 1. The molecule has 0 saturated carbocycles.